The van der Waals surface area contributed by atoms with E-state index in [1.54, 1.807) is 10.4 Å². The third-order valence-electron chi connectivity index (χ3n) is 4.61. The minimum Gasteiger partial charge on any atom is -0.481 e. The summed E-state index contributed by atoms with van der Waals surface area (Å²) in [5, 5.41) is 20.4. The smallest absolute Gasteiger partial charge is 0.324 e. The molecule has 0 aromatic heterocycles. The van der Waals surface area contributed by atoms with Crippen LogP contribution in [0.5, 0.6) is 0 Å². The van der Waals surface area contributed by atoms with Crippen molar-refractivity contribution < 1.29 is 19.8 Å². The fourth-order valence-electron chi connectivity index (χ4n) is 3.33. The van der Waals surface area contributed by atoms with Crippen LogP contribution >= 0.6 is 11.9 Å². The van der Waals surface area contributed by atoms with Crippen molar-refractivity contribution in [3.63, 3.8) is 0 Å². The average molecular weight is 439 g/mol. The maximum atomic E-state index is 11.5. The molecule has 0 saturated heterocycles. The summed E-state index contributed by atoms with van der Waals surface area (Å²) in [6, 6.07) is 11.0. The summed E-state index contributed by atoms with van der Waals surface area (Å²) in [5.74, 6) is 0.765. The molecule has 1 atom stereocenters. The zero-order valence-electron chi connectivity index (χ0n) is 17.6. The van der Waals surface area contributed by atoms with Crippen molar-refractivity contribution in [2.45, 2.75) is 26.3 Å². The van der Waals surface area contributed by atoms with E-state index in [1.165, 1.54) is 11.9 Å². The van der Waals surface area contributed by atoms with Gasteiger partial charge in [0.2, 0.25) is 0 Å². The second kappa shape index (κ2) is 11.1. The molecule has 0 aliphatic heterocycles. The van der Waals surface area contributed by atoms with Crippen LogP contribution in [-0.2, 0) is 9.59 Å². The standard InChI is InChI=1S/C24H26N2O4S/c1-5-9-18(4)31-26(16-24(29)30)22-13-12-21(19-10-7-8-11-20(19)22)25(14-6-2)17(3)15-23(27)28/h2,5,7-13,17H,1,14-16H2,3-4H3,(H,27,28)(H,29,30)/b18-9+/t17-/m0/s1. The van der Waals surface area contributed by atoms with Crippen molar-refractivity contribution >= 4 is 46.0 Å². The predicted octanol–water partition coefficient (Wildman–Crippen LogP) is 4.77. The largest absolute Gasteiger partial charge is 0.481 e. The summed E-state index contributed by atoms with van der Waals surface area (Å²) in [4.78, 5) is 25.6. The zero-order valence-corrected chi connectivity index (χ0v) is 18.4. The van der Waals surface area contributed by atoms with Crippen LogP contribution in [0.1, 0.15) is 20.3 Å². The minimum atomic E-state index is -0.948. The van der Waals surface area contributed by atoms with E-state index >= 15 is 0 Å². The van der Waals surface area contributed by atoms with Gasteiger partial charge < -0.3 is 19.4 Å². The molecule has 2 aromatic carbocycles. The molecule has 162 valence electrons. The Morgan fingerprint density at radius 1 is 1.16 bits per heavy atom. The van der Waals surface area contributed by atoms with Crippen LogP contribution in [0, 0.1) is 12.3 Å². The van der Waals surface area contributed by atoms with E-state index in [4.69, 9.17) is 6.42 Å². The molecule has 0 saturated carbocycles. The van der Waals surface area contributed by atoms with Gasteiger partial charge in [0.05, 0.1) is 18.7 Å². The summed E-state index contributed by atoms with van der Waals surface area (Å²) >= 11 is 1.32. The number of carbonyl (C=O) groups is 2. The SMILES string of the molecule is C#CCN(c1ccc(N(CC(=O)O)S/C(C)=C/C=C)c2ccccc12)[C@@H](C)CC(=O)O. The summed E-state index contributed by atoms with van der Waals surface area (Å²) < 4.78 is 1.72. The molecule has 0 aliphatic rings. The van der Waals surface area contributed by atoms with Crippen LogP contribution in [0.15, 0.2) is 60.0 Å². The molecule has 0 unspecified atom stereocenters. The number of nitrogens with zero attached hydrogens (tertiary/aromatic N) is 2. The Balaban J connectivity index is 2.62. The molecule has 0 bridgehead atoms. The van der Waals surface area contributed by atoms with E-state index < -0.39 is 11.9 Å². The van der Waals surface area contributed by atoms with Gasteiger partial charge in [-0.2, -0.15) is 0 Å². The Hall–Kier alpha value is -3.37. The molecule has 0 heterocycles. The maximum absolute atomic E-state index is 11.5. The molecule has 0 spiro atoms. The molecular weight excluding hydrogens is 412 g/mol. The summed E-state index contributed by atoms with van der Waals surface area (Å²) in [6.45, 7) is 7.46. The van der Waals surface area contributed by atoms with Gasteiger partial charge in [0, 0.05) is 27.4 Å². The molecule has 0 aliphatic carbocycles. The number of benzene rings is 2. The van der Waals surface area contributed by atoms with Gasteiger partial charge in [0.25, 0.3) is 0 Å². The first-order chi connectivity index (χ1) is 14.8. The highest BCUT2D eigenvalue weighted by atomic mass is 32.2. The van der Waals surface area contributed by atoms with Crippen LogP contribution in [0.4, 0.5) is 11.4 Å². The van der Waals surface area contributed by atoms with E-state index in [2.05, 4.69) is 12.5 Å². The van der Waals surface area contributed by atoms with Crippen molar-refractivity contribution in [3.8, 4) is 12.3 Å². The van der Waals surface area contributed by atoms with E-state index in [-0.39, 0.29) is 25.6 Å². The highest BCUT2D eigenvalue weighted by molar-refractivity contribution is 8.04. The van der Waals surface area contributed by atoms with Gasteiger partial charge in [-0.25, -0.2) is 0 Å². The fraction of sp³-hybridized carbons (Fsp3) is 0.250. The lowest BCUT2D eigenvalue weighted by Gasteiger charge is -2.31. The van der Waals surface area contributed by atoms with Gasteiger partial charge in [0.15, 0.2) is 0 Å². The Kier molecular flexibility index (Phi) is 8.59. The lowest BCUT2D eigenvalue weighted by molar-refractivity contribution is -0.137. The Morgan fingerprint density at radius 2 is 1.77 bits per heavy atom. The van der Waals surface area contributed by atoms with Crippen LogP contribution in [0.2, 0.25) is 0 Å². The lowest BCUT2D eigenvalue weighted by atomic mass is 10.0. The first-order valence-electron chi connectivity index (χ1n) is 9.68. The number of hydrogen-bond acceptors (Lipinski definition) is 5. The highest BCUT2D eigenvalue weighted by Crippen LogP contribution is 2.38. The van der Waals surface area contributed by atoms with E-state index in [1.807, 2.05) is 61.2 Å². The minimum absolute atomic E-state index is 0.0513. The third kappa shape index (κ3) is 6.30. The number of carboxylic acid groups (broad SMARTS) is 2. The Labute approximate surface area is 187 Å². The van der Waals surface area contributed by atoms with Crippen molar-refractivity contribution in [2.24, 2.45) is 0 Å². The van der Waals surface area contributed by atoms with Gasteiger partial charge >= 0.3 is 11.9 Å². The third-order valence-corrected chi connectivity index (χ3v) is 5.58. The molecule has 2 aromatic rings. The number of fused-ring (bicyclic) bond motifs is 1. The molecule has 31 heavy (non-hydrogen) atoms. The van der Waals surface area contributed by atoms with Crippen molar-refractivity contribution in [3.05, 3.63) is 60.0 Å². The second-order valence-electron chi connectivity index (χ2n) is 6.96. The normalized spacial score (nSPS) is 12.1. The van der Waals surface area contributed by atoms with Gasteiger partial charge in [-0.1, -0.05) is 48.9 Å². The zero-order chi connectivity index (χ0) is 23.0. The Bertz CT molecular complexity index is 1040. The molecule has 7 heteroatoms. The monoisotopic (exact) mass is 438 g/mol. The molecular formula is C24H26N2O4S. The molecule has 0 radical (unpaired) electrons. The van der Waals surface area contributed by atoms with Crippen LogP contribution in [0.3, 0.4) is 0 Å². The second-order valence-corrected chi connectivity index (χ2v) is 8.23. The first-order valence-corrected chi connectivity index (χ1v) is 10.5. The topological polar surface area (TPSA) is 81.1 Å². The van der Waals surface area contributed by atoms with Gasteiger partial charge in [-0.15, -0.1) is 6.42 Å². The number of allylic oxidation sites excluding steroid dienone is 3. The molecule has 0 fully saturated rings. The quantitative estimate of drug-likeness (QED) is 0.297. The van der Waals surface area contributed by atoms with Gasteiger partial charge in [0.1, 0.15) is 6.54 Å². The Morgan fingerprint density at radius 3 is 2.32 bits per heavy atom. The van der Waals surface area contributed by atoms with Gasteiger partial charge in [-0.05, 0) is 37.9 Å². The fourth-order valence-corrected chi connectivity index (χ4v) is 4.27. The number of rotatable bonds is 11. The van der Waals surface area contributed by atoms with E-state index in [0.29, 0.717) is 0 Å². The summed E-state index contributed by atoms with van der Waals surface area (Å²) in [5.41, 5.74) is 1.56. The number of aliphatic carboxylic acids is 2. The lowest BCUT2D eigenvalue weighted by Crippen LogP contribution is -2.35. The molecule has 2 N–H and O–H groups in total. The van der Waals surface area contributed by atoms with E-state index in [0.717, 1.165) is 27.1 Å². The first kappa shape index (κ1) is 23.9. The molecule has 2 rings (SSSR count). The number of carboxylic acids is 2. The molecule has 6 nitrogen and oxygen atoms in total. The van der Waals surface area contributed by atoms with E-state index in [9.17, 15) is 19.8 Å². The summed E-state index contributed by atoms with van der Waals surface area (Å²) in [6.07, 6.45) is 8.99. The number of terminal acetylenes is 1. The number of anilines is 2. The van der Waals surface area contributed by atoms with Crippen LogP contribution < -0.4 is 9.21 Å². The van der Waals surface area contributed by atoms with Crippen molar-refractivity contribution in [1.29, 1.82) is 0 Å². The van der Waals surface area contributed by atoms with Crippen LogP contribution in [-0.4, -0.2) is 41.3 Å². The van der Waals surface area contributed by atoms with Crippen molar-refractivity contribution in [2.75, 3.05) is 22.3 Å². The highest BCUT2D eigenvalue weighted by Gasteiger charge is 2.22. The summed E-state index contributed by atoms with van der Waals surface area (Å²) in [7, 11) is 0. The predicted molar refractivity (Wildman–Crippen MR) is 128 cm³/mol. The molecule has 0 amide bonds. The number of hydrogen-bond donors (Lipinski definition) is 2. The van der Waals surface area contributed by atoms with Crippen molar-refractivity contribution in [1.82, 2.24) is 0 Å². The van der Waals surface area contributed by atoms with Crippen LogP contribution in [0.25, 0.3) is 10.8 Å². The van der Waals surface area contributed by atoms with Gasteiger partial charge in [-0.3, -0.25) is 9.59 Å². The average Bonchev–Trinajstić information content (AvgIpc) is 2.70. The maximum Gasteiger partial charge on any atom is 0.324 e.